The van der Waals surface area contributed by atoms with Gasteiger partial charge in [0.2, 0.25) is 5.91 Å². The van der Waals surface area contributed by atoms with Gasteiger partial charge in [0.15, 0.2) is 0 Å². The molecule has 11 heteroatoms. The van der Waals surface area contributed by atoms with E-state index in [2.05, 4.69) is 235 Å². The number of anilines is 1. The molecule has 4 aliphatic rings. The van der Waals surface area contributed by atoms with Gasteiger partial charge in [-0.2, -0.15) is 0 Å². The lowest BCUT2D eigenvalue weighted by molar-refractivity contribution is -0.127. The molecule has 7 heterocycles. The zero-order valence-electron chi connectivity index (χ0n) is 58.2. The maximum Gasteiger partial charge on any atom is 0.219 e. The number of pyridine rings is 2. The molecule has 3 aromatic heterocycles. The summed E-state index contributed by atoms with van der Waals surface area (Å²) in [5.41, 5.74) is 12.9. The van der Waals surface area contributed by atoms with Crippen LogP contribution in [0.15, 0.2) is 97.7 Å². The summed E-state index contributed by atoms with van der Waals surface area (Å²) in [4.78, 5) is 32.8. The number of carbonyl (C=O) groups is 1. The fourth-order valence-electron chi connectivity index (χ4n) is 11.4. The average molecular weight is 1190 g/mol. The van der Waals surface area contributed by atoms with Gasteiger partial charge >= 0.3 is 0 Å². The second-order valence-electron chi connectivity index (χ2n) is 31.2. The van der Waals surface area contributed by atoms with Crippen LogP contribution in [-0.4, -0.2) is 116 Å². The van der Waals surface area contributed by atoms with Crippen LogP contribution >= 0.6 is 0 Å². The van der Waals surface area contributed by atoms with Crippen molar-refractivity contribution in [3.05, 3.63) is 148 Å². The number of aromatic nitrogens is 4. The number of ether oxygens (including phenoxy) is 3. The van der Waals surface area contributed by atoms with Crippen molar-refractivity contribution < 1.29 is 19.0 Å². The van der Waals surface area contributed by atoms with Crippen LogP contribution in [0.1, 0.15) is 201 Å². The highest BCUT2D eigenvalue weighted by molar-refractivity contribution is 5.73. The molecule has 4 saturated heterocycles. The lowest BCUT2D eigenvalue weighted by atomic mass is 9.82. The van der Waals surface area contributed by atoms with Gasteiger partial charge in [-0.05, 0) is 180 Å². The van der Waals surface area contributed by atoms with Crippen molar-refractivity contribution in [2.75, 3.05) is 85.2 Å². The van der Waals surface area contributed by atoms with E-state index in [4.69, 9.17) is 14.2 Å². The highest BCUT2D eigenvalue weighted by atomic mass is 16.5. The standard InChI is InChI=1S/2C17H26O.C15H23N3O.C14H21NO.C13H23N3/c2*1-13-12-18-9-8-15(13)10-14-6-5-7-16(11-14)17(2,3)4;1-11(19)18-6-5-12(9-18)7-13-8-14(15(2,3)4)17-10-16-13;1-14(2,3)13-7-12(8-15-9-13)6-11-4-5-16-10-11;1-13(2,3)11-6-7-14-12(10-11)15-8-9-16(4)5/h2*5-7,11,13,15H,8-10,12H2,1-4H3;8,10,12H,5-7,9H2,1-4H3;7-9,11H,4-6,10H2,1-3H3;6-7,10H,8-9H2,1-5H3,(H,14,15)/t2*13-,15?;;;/m10.../s1. The Kier molecular flexibility index (Phi) is 28.1. The molecule has 9 rings (SSSR count). The summed E-state index contributed by atoms with van der Waals surface area (Å²) >= 11 is 0. The molecule has 11 nitrogen and oxygen atoms in total. The maximum absolute atomic E-state index is 11.3. The van der Waals surface area contributed by atoms with E-state index in [0.717, 1.165) is 114 Å². The molecule has 0 radical (unpaired) electrons. The Morgan fingerprint density at radius 2 is 1.09 bits per heavy atom. The first-order valence-corrected chi connectivity index (χ1v) is 33.0. The van der Waals surface area contributed by atoms with Crippen LogP contribution < -0.4 is 5.32 Å². The Bertz CT molecular complexity index is 2730. The second-order valence-corrected chi connectivity index (χ2v) is 31.2. The van der Waals surface area contributed by atoms with E-state index in [9.17, 15) is 4.79 Å². The van der Waals surface area contributed by atoms with E-state index in [1.807, 2.05) is 23.5 Å². The van der Waals surface area contributed by atoms with Crippen molar-refractivity contribution >= 4 is 11.7 Å². The lowest BCUT2D eigenvalue weighted by Crippen LogP contribution is -2.26. The van der Waals surface area contributed by atoms with E-state index >= 15 is 0 Å². The van der Waals surface area contributed by atoms with Gasteiger partial charge in [0.1, 0.15) is 12.1 Å². The minimum atomic E-state index is 0.0544. The minimum Gasteiger partial charge on any atom is -0.381 e. The maximum atomic E-state index is 11.3. The van der Waals surface area contributed by atoms with Crippen LogP contribution in [0.4, 0.5) is 5.82 Å². The first-order valence-electron chi connectivity index (χ1n) is 33.0. The summed E-state index contributed by atoms with van der Waals surface area (Å²) in [6.45, 7) is 49.0. The molecule has 1 N–H and O–H groups in total. The van der Waals surface area contributed by atoms with Crippen molar-refractivity contribution in [2.24, 2.45) is 35.5 Å². The Morgan fingerprint density at radius 3 is 1.57 bits per heavy atom. The molecule has 0 saturated carbocycles. The van der Waals surface area contributed by atoms with Crippen LogP contribution in [0.2, 0.25) is 0 Å². The first kappa shape index (κ1) is 72.7. The summed E-state index contributed by atoms with van der Waals surface area (Å²) < 4.78 is 16.5. The van der Waals surface area contributed by atoms with Crippen LogP contribution in [0, 0.1) is 35.5 Å². The highest BCUT2D eigenvalue weighted by Crippen LogP contribution is 2.32. The van der Waals surface area contributed by atoms with Crippen LogP contribution in [-0.2, 0) is 71.8 Å². The van der Waals surface area contributed by atoms with E-state index in [1.54, 1.807) is 13.3 Å². The van der Waals surface area contributed by atoms with E-state index < -0.39 is 0 Å². The SMILES string of the molecule is CC(=O)N1CCC(Cc2cc(C(C)(C)C)ncn2)C1.CC(C)(C)c1cncc(CC2CCOC2)c1.CN(C)CCNc1cc(C(C)(C)C)ccn1.C[C@@H]1COCCC1Cc1cccc(C(C)(C)C)c1.C[C@H]1COCCC1Cc1cccc(C(C)(C)C)c1. The van der Waals surface area contributed by atoms with Crippen LogP contribution in [0.25, 0.3) is 0 Å². The summed E-state index contributed by atoms with van der Waals surface area (Å²) in [5, 5.41) is 3.34. The predicted molar refractivity (Wildman–Crippen MR) is 364 cm³/mol. The number of benzene rings is 2. The fraction of sp³-hybridized carbons (Fsp3) is 0.645. The summed E-state index contributed by atoms with van der Waals surface area (Å²) in [6, 6.07) is 26.9. The Hall–Kier alpha value is -5.07. The van der Waals surface area contributed by atoms with E-state index in [-0.39, 0.29) is 33.0 Å². The second kappa shape index (κ2) is 33.7. The van der Waals surface area contributed by atoms with Crippen molar-refractivity contribution in [2.45, 2.75) is 203 Å². The largest absolute Gasteiger partial charge is 0.381 e. The summed E-state index contributed by atoms with van der Waals surface area (Å²) in [5.74, 6) is 5.33. The molecule has 4 unspecified atom stereocenters. The number of hydrogen-bond acceptors (Lipinski definition) is 10. The van der Waals surface area contributed by atoms with E-state index in [1.165, 1.54) is 71.0 Å². The summed E-state index contributed by atoms with van der Waals surface area (Å²) in [6.07, 6.45) is 16.7. The third-order valence-electron chi connectivity index (χ3n) is 17.6. The molecule has 0 bridgehead atoms. The number of rotatable bonds is 12. The molecule has 1 amide bonds. The molecule has 0 spiro atoms. The average Bonchev–Trinajstić information content (AvgIpc) is 4.32. The van der Waals surface area contributed by atoms with Gasteiger partial charge in [-0.3, -0.25) is 9.78 Å². The Balaban J connectivity index is 0.000000199. The van der Waals surface area contributed by atoms with Crippen molar-refractivity contribution in [1.29, 1.82) is 0 Å². The lowest BCUT2D eigenvalue weighted by Gasteiger charge is -2.29. The quantitative estimate of drug-likeness (QED) is 0.129. The van der Waals surface area contributed by atoms with E-state index in [0.29, 0.717) is 23.7 Å². The number of nitrogens with one attached hydrogen (secondary N) is 1. The van der Waals surface area contributed by atoms with Gasteiger partial charge in [0.05, 0.1) is 0 Å². The number of carbonyl (C=O) groups excluding carboxylic acids is 1. The molecule has 2 aromatic carbocycles. The zero-order chi connectivity index (χ0) is 64.2. The smallest absolute Gasteiger partial charge is 0.219 e. The van der Waals surface area contributed by atoms with Crippen molar-refractivity contribution in [3.63, 3.8) is 0 Å². The summed E-state index contributed by atoms with van der Waals surface area (Å²) in [7, 11) is 4.14. The number of hydrogen-bond donors (Lipinski definition) is 1. The molecule has 5 aromatic rings. The number of likely N-dealkylation sites (N-methyl/N-ethyl adjacent to an activating group) is 1. The molecule has 4 aliphatic heterocycles. The van der Waals surface area contributed by atoms with Gasteiger partial charge < -0.3 is 29.3 Å². The van der Waals surface area contributed by atoms with Gasteiger partial charge in [-0.15, -0.1) is 0 Å². The number of likely N-dealkylation sites (tertiary alicyclic amines) is 1. The highest BCUT2D eigenvalue weighted by Gasteiger charge is 2.27. The van der Waals surface area contributed by atoms with Gasteiger partial charge in [0, 0.05) is 108 Å². The molecular weight excluding hydrogens is 1070 g/mol. The predicted octanol–water partition coefficient (Wildman–Crippen LogP) is 15.9. The monoisotopic (exact) mass is 1190 g/mol. The van der Waals surface area contributed by atoms with Crippen molar-refractivity contribution in [1.82, 2.24) is 29.7 Å². The third-order valence-corrected chi connectivity index (χ3v) is 17.6. The van der Waals surface area contributed by atoms with Gasteiger partial charge in [-0.1, -0.05) is 172 Å². The molecule has 6 atom stereocenters. The Labute approximate surface area is 529 Å². The first-order chi connectivity index (χ1) is 40.7. The number of nitrogens with zero attached hydrogens (tertiary/aromatic N) is 6. The van der Waals surface area contributed by atoms with Crippen molar-refractivity contribution in [3.8, 4) is 0 Å². The van der Waals surface area contributed by atoms with Gasteiger partial charge in [-0.25, -0.2) is 15.0 Å². The minimum absolute atomic E-state index is 0.0544. The topological polar surface area (TPSA) is 115 Å². The van der Waals surface area contributed by atoms with Crippen LogP contribution in [0.5, 0.6) is 0 Å². The molecule has 0 aliphatic carbocycles. The number of amides is 1. The molecule has 482 valence electrons. The molecule has 87 heavy (non-hydrogen) atoms. The zero-order valence-corrected chi connectivity index (χ0v) is 58.2. The molecule has 4 fully saturated rings. The normalized spacial score (nSPS) is 20.8. The molecular formula is C76H119N7O4. The van der Waals surface area contributed by atoms with Gasteiger partial charge in [0.25, 0.3) is 0 Å². The Morgan fingerprint density at radius 1 is 0.563 bits per heavy atom. The van der Waals surface area contributed by atoms with Crippen LogP contribution in [0.3, 0.4) is 0 Å². The third kappa shape index (κ3) is 26.1. The fourth-order valence-corrected chi connectivity index (χ4v) is 11.4.